The number of hydrogen-bond acceptors (Lipinski definition) is 3. The average Bonchev–Trinajstić information content (AvgIpc) is 2.65. The van der Waals surface area contributed by atoms with Crippen molar-refractivity contribution in [2.45, 2.75) is 6.10 Å². The first-order valence-electron chi connectivity index (χ1n) is 4.35. The van der Waals surface area contributed by atoms with E-state index in [2.05, 4.69) is 0 Å². The van der Waals surface area contributed by atoms with E-state index in [1.54, 1.807) is 0 Å². The van der Waals surface area contributed by atoms with Gasteiger partial charge in [-0.25, -0.2) is 0 Å². The van der Waals surface area contributed by atoms with Crippen LogP contribution in [0.1, 0.15) is 17.2 Å². The molecular formula is C11H11NOS. The first-order chi connectivity index (χ1) is 6.79. The zero-order chi connectivity index (χ0) is 9.97. The van der Waals surface area contributed by atoms with Crippen LogP contribution in [-0.2, 0) is 0 Å². The molecule has 0 bridgehead atoms. The van der Waals surface area contributed by atoms with E-state index in [-0.39, 0.29) is 0 Å². The molecule has 0 aliphatic heterocycles. The van der Waals surface area contributed by atoms with Crippen molar-refractivity contribution in [3.8, 4) is 0 Å². The van der Waals surface area contributed by atoms with E-state index < -0.39 is 6.10 Å². The molecule has 0 aliphatic rings. The maximum atomic E-state index is 9.99. The maximum absolute atomic E-state index is 9.99. The third-order valence-corrected chi connectivity index (χ3v) is 2.90. The third-order valence-electron chi connectivity index (χ3n) is 2.14. The number of rotatable bonds is 2. The zero-order valence-corrected chi connectivity index (χ0v) is 8.37. The fourth-order valence-electron chi connectivity index (χ4n) is 1.37. The van der Waals surface area contributed by atoms with E-state index in [4.69, 9.17) is 5.73 Å². The summed E-state index contributed by atoms with van der Waals surface area (Å²) in [6.07, 6.45) is -0.609. The SMILES string of the molecule is Nc1sccc1C(O)c1ccccc1. The molecule has 0 saturated heterocycles. The molecule has 2 aromatic rings. The highest BCUT2D eigenvalue weighted by Gasteiger charge is 2.13. The van der Waals surface area contributed by atoms with Crippen LogP contribution in [0.15, 0.2) is 41.8 Å². The number of hydrogen-bond donors (Lipinski definition) is 2. The largest absolute Gasteiger partial charge is 0.390 e. The molecule has 72 valence electrons. The van der Waals surface area contributed by atoms with Gasteiger partial charge in [-0.05, 0) is 17.0 Å². The highest BCUT2D eigenvalue weighted by Crippen LogP contribution is 2.29. The monoisotopic (exact) mass is 205 g/mol. The van der Waals surface area contributed by atoms with E-state index in [0.717, 1.165) is 11.1 Å². The topological polar surface area (TPSA) is 46.2 Å². The molecule has 1 unspecified atom stereocenters. The van der Waals surface area contributed by atoms with E-state index in [0.29, 0.717) is 5.00 Å². The molecule has 0 spiro atoms. The molecule has 0 aliphatic carbocycles. The molecule has 3 N–H and O–H groups in total. The molecule has 2 rings (SSSR count). The molecular weight excluding hydrogens is 194 g/mol. The standard InChI is InChI=1S/C11H11NOS/c12-11-9(6-7-14-11)10(13)8-4-2-1-3-5-8/h1-7,10,13H,12H2. The van der Waals surface area contributed by atoms with Crippen molar-refractivity contribution in [2.24, 2.45) is 0 Å². The Hall–Kier alpha value is -1.32. The first kappa shape index (κ1) is 9.24. The van der Waals surface area contributed by atoms with Crippen molar-refractivity contribution in [3.63, 3.8) is 0 Å². The second-order valence-electron chi connectivity index (χ2n) is 3.05. The van der Waals surface area contributed by atoms with Crippen molar-refractivity contribution in [3.05, 3.63) is 52.9 Å². The predicted molar refractivity (Wildman–Crippen MR) is 59.2 cm³/mol. The minimum absolute atomic E-state index is 0.609. The van der Waals surface area contributed by atoms with Gasteiger partial charge in [-0.15, -0.1) is 11.3 Å². The highest BCUT2D eigenvalue weighted by molar-refractivity contribution is 7.14. The molecule has 14 heavy (non-hydrogen) atoms. The molecule has 0 amide bonds. The van der Waals surface area contributed by atoms with Crippen molar-refractivity contribution < 1.29 is 5.11 Å². The van der Waals surface area contributed by atoms with Crippen LogP contribution in [0.5, 0.6) is 0 Å². The van der Waals surface area contributed by atoms with Gasteiger partial charge in [0.2, 0.25) is 0 Å². The minimum Gasteiger partial charge on any atom is -0.390 e. The summed E-state index contributed by atoms with van der Waals surface area (Å²) < 4.78 is 0. The highest BCUT2D eigenvalue weighted by atomic mass is 32.1. The van der Waals surface area contributed by atoms with Gasteiger partial charge in [0.25, 0.3) is 0 Å². The molecule has 2 nitrogen and oxygen atoms in total. The number of anilines is 1. The van der Waals surface area contributed by atoms with Crippen molar-refractivity contribution in [2.75, 3.05) is 5.73 Å². The number of thiophene rings is 1. The van der Waals surface area contributed by atoms with Gasteiger partial charge in [0, 0.05) is 5.56 Å². The lowest BCUT2D eigenvalue weighted by Crippen LogP contribution is -2.00. The number of aliphatic hydroxyl groups excluding tert-OH is 1. The molecule has 0 saturated carbocycles. The van der Waals surface area contributed by atoms with Crippen LogP contribution in [-0.4, -0.2) is 5.11 Å². The predicted octanol–water partition coefficient (Wildman–Crippen LogP) is 2.41. The van der Waals surface area contributed by atoms with Crippen LogP contribution in [0.2, 0.25) is 0 Å². The van der Waals surface area contributed by atoms with Crippen LogP contribution < -0.4 is 5.73 Å². The van der Waals surface area contributed by atoms with E-state index in [1.165, 1.54) is 11.3 Å². The molecule has 1 atom stereocenters. The van der Waals surface area contributed by atoms with Crippen LogP contribution in [0.3, 0.4) is 0 Å². The summed E-state index contributed by atoms with van der Waals surface area (Å²) >= 11 is 1.45. The van der Waals surface area contributed by atoms with E-state index in [9.17, 15) is 5.11 Å². The smallest absolute Gasteiger partial charge is 0.107 e. The Morgan fingerprint density at radius 1 is 1.14 bits per heavy atom. The third kappa shape index (κ3) is 1.64. The van der Waals surface area contributed by atoms with Gasteiger partial charge in [0.15, 0.2) is 0 Å². The summed E-state index contributed by atoms with van der Waals surface area (Å²) in [5.41, 5.74) is 7.40. The average molecular weight is 205 g/mol. The molecule has 1 aromatic heterocycles. The zero-order valence-electron chi connectivity index (χ0n) is 7.55. The lowest BCUT2D eigenvalue weighted by Gasteiger charge is -2.09. The van der Waals surface area contributed by atoms with Gasteiger partial charge in [-0.1, -0.05) is 30.3 Å². The molecule has 1 aromatic carbocycles. The number of nitrogens with two attached hydrogens (primary N) is 1. The second-order valence-corrected chi connectivity index (χ2v) is 4.00. The summed E-state index contributed by atoms with van der Waals surface area (Å²) in [5, 5.41) is 12.6. The summed E-state index contributed by atoms with van der Waals surface area (Å²) in [5.74, 6) is 0. The number of benzene rings is 1. The van der Waals surface area contributed by atoms with Gasteiger partial charge < -0.3 is 10.8 Å². The molecule has 0 radical (unpaired) electrons. The van der Waals surface area contributed by atoms with Crippen molar-refractivity contribution in [1.29, 1.82) is 0 Å². The van der Waals surface area contributed by atoms with E-state index >= 15 is 0 Å². The van der Waals surface area contributed by atoms with Gasteiger partial charge in [-0.3, -0.25) is 0 Å². The normalized spacial score (nSPS) is 12.6. The maximum Gasteiger partial charge on any atom is 0.107 e. The van der Waals surface area contributed by atoms with Gasteiger partial charge in [0.1, 0.15) is 6.10 Å². The molecule has 1 heterocycles. The molecule has 0 fully saturated rings. The number of nitrogen functional groups attached to an aromatic ring is 1. The van der Waals surface area contributed by atoms with Gasteiger partial charge in [-0.2, -0.15) is 0 Å². The second kappa shape index (κ2) is 3.82. The van der Waals surface area contributed by atoms with Crippen molar-refractivity contribution >= 4 is 16.3 Å². The summed E-state index contributed by atoms with van der Waals surface area (Å²) in [6.45, 7) is 0. The van der Waals surface area contributed by atoms with Crippen LogP contribution in [0, 0.1) is 0 Å². The summed E-state index contributed by atoms with van der Waals surface area (Å²) in [7, 11) is 0. The Balaban J connectivity index is 2.34. The summed E-state index contributed by atoms with van der Waals surface area (Å²) in [6, 6.07) is 11.4. The van der Waals surface area contributed by atoms with Crippen LogP contribution in [0.25, 0.3) is 0 Å². The Bertz CT molecular complexity index is 410. The lowest BCUT2D eigenvalue weighted by molar-refractivity contribution is 0.221. The van der Waals surface area contributed by atoms with Crippen molar-refractivity contribution in [1.82, 2.24) is 0 Å². The first-order valence-corrected chi connectivity index (χ1v) is 5.23. The Kier molecular flexibility index (Phi) is 2.52. The van der Waals surface area contributed by atoms with E-state index in [1.807, 2.05) is 41.8 Å². The fourth-order valence-corrected chi connectivity index (χ4v) is 2.05. The van der Waals surface area contributed by atoms with Crippen LogP contribution in [0.4, 0.5) is 5.00 Å². The Morgan fingerprint density at radius 3 is 2.43 bits per heavy atom. The van der Waals surface area contributed by atoms with Crippen LogP contribution >= 0.6 is 11.3 Å². The Morgan fingerprint density at radius 2 is 1.86 bits per heavy atom. The fraction of sp³-hybridized carbons (Fsp3) is 0.0909. The van der Waals surface area contributed by atoms with Gasteiger partial charge in [0.05, 0.1) is 5.00 Å². The number of aliphatic hydroxyl groups is 1. The lowest BCUT2D eigenvalue weighted by atomic mass is 10.0. The Labute approximate surface area is 86.6 Å². The van der Waals surface area contributed by atoms with Gasteiger partial charge >= 0.3 is 0 Å². The quantitative estimate of drug-likeness (QED) is 0.790. The summed E-state index contributed by atoms with van der Waals surface area (Å²) in [4.78, 5) is 0. The molecule has 3 heteroatoms. The minimum atomic E-state index is -0.609.